The predicted molar refractivity (Wildman–Crippen MR) is 121 cm³/mol. The molecular formula is C21H21N3O5S2. The van der Waals surface area contributed by atoms with E-state index < -0.39 is 28.5 Å². The second-order valence-electron chi connectivity index (χ2n) is 6.68. The second-order valence-corrected chi connectivity index (χ2v) is 9.54. The summed E-state index contributed by atoms with van der Waals surface area (Å²) >= 11 is 1.10. The molecule has 2 aromatic carbocycles. The number of hydrogen-bond acceptors (Lipinski definition) is 7. The van der Waals surface area contributed by atoms with Crippen LogP contribution in [-0.4, -0.2) is 41.0 Å². The highest BCUT2D eigenvalue weighted by atomic mass is 32.2. The van der Waals surface area contributed by atoms with Crippen LogP contribution in [0.25, 0.3) is 0 Å². The van der Waals surface area contributed by atoms with E-state index in [4.69, 9.17) is 4.74 Å². The lowest BCUT2D eigenvalue weighted by molar-refractivity contribution is -0.119. The summed E-state index contributed by atoms with van der Waals surface area (Å²) in [5.41, 5.74) is 2.09. The molecule has 0 bridgehead atoms. The van der Waals surface area contributed by atoms with Crippen molar-refractivity contribution < 1.29 is 22.7 Å². The first-order valence-electron chi connectivity index (χ1n) is 9.15. The van der Waals surface area contributed by atoms with Crippen molar-refractivity contribution in [1.29, 1.82) is 0 Å². The first kappa shape index (κ1) is 22.3. The molecule has 162 valence electrons. The summed E-state index contributed by atoms with van der Waals surface area (Å²) < 4.78 is 32.1. The van der Waals surface area contributed by atoms with Gasteiger partial charge in [0.15, 0.2) is 6.61 Å². The molecule has 0 aliphatic rings. The summed E-state index contributed by atoms with van der Waals surface area (Å²) in [5.74, 6) is -1.16. The number of nitrogens with one attached hydrogen (secondary N) is 2. The number of esters is 1. The normalized spacial score (nSPS) is 10.9. The Hall–Kier alpha value is -3.37. The number of rotatable bonds is 8. The van der Waals surface area contributed by atoms with Gasteiger partial charge in [-0.3, -0.25) is 9.52 Å². The van der Waals surface area contributed by atoms with Crippen molar-refractivity contribution in [2.45, 2.75) is 4.21 Å². The minimum atomic E-state index is -3.67. The molecule has 0 saturated carbocycles. The van der Waals surface area contributed by atoms with E-state index in [1.165, 1.54) is 30.3 Å². The van der Waals surface area contributed by atoms with Gasteiger partial charge in [-0.15, -0.1) is 11.3 Å². The SMILES string of the molecule is CN(C)c1ccc(NC(=O)COC(=O)c2ccc(NS(=O)(=O)c3cccs3)cc2)cc1. The first-order chi connectivity index (χ1) is 14.7. The number of hydrogen-bond donors (Lipinski definition) is 2. The van der Waals surface area contributed by atoms with Crippen LogP contribution in [0, 0.1) is 0 Å². The molecule has 1 aromatic heterocycles. The van der Waals surface area contributed by atoms with Gasteiger partial charge in [-0.05, 0) is 60.0 Å². The van der Waals surface area contributed by atoms with Crippen molar-refractivity contribution in [3.8, 4) is 0 Å². The van der Waals surface area contributed by atoms with Gasteiger partial charge < -0.3 is 15.0 Å². The summed E-state index contributed by atoms with van der Waals surface area (Å²) in [4.78, 5) is 26.1. The zero-order valence-corrected chi connectivity index (χ0v) is 18.5. The molecule has 3 aromatic rings. The zero-order chi connectivity index (χ0) is 22.4. The van der Waals surface area contributed by atoms with Crippen LogP contribution >= 0.6 is 11.3 Å². The highest BCUT2D eigenvalue weighted by Crippen LogP contribution is 2.20. The summed E-state index contributed by atoms with van der Waals surface area (Å²) in [6.45, 7) is -0.443. The van der Waals surface area contributed by atoms with Crippen LogP contribution in [-0.2, 0) is 19.6 Å². The van der Waals surface area contributed by atoms with Crippen LogP contribution in [0.3, 0.4) is 0 Å². The molecule has 1 heterocycles. The molecule has 0 atom stereocenters. The number of amides is 1. The topological polar surface area (TPSA) is 105 Å². The summed E-state index contributed by atoms with van der Waals surface area (Å²) in [6, 6.07) is 16.1. The highest BCUT2D eigenvalue weighted by molar-refractivity contribution is 7.94. The van der Waals surface area contributed by atoms with Crippen LogP contribution in [0.15, 0.2) is 70.3 Å². The third-order valence-electron chi connectivity index (χ3n) is 4.13. The molecule has 0 spiro atoms. The molecule has 8 nitrogen and oxygen atoms in total. The third-order valence-corrected chi connectivity index (χ3v) is 6.91. The Morgan fingerprint density at radius 3 is 2.19 bits per heavy atom. The van der Waals surface area contributed by atoms with Gasteiger partial charge in [0.25, 0.3) is 15.9 Å². The second kappa shape index (κ2) is 9.63. The molecule has 0 aliphatic heterocycles. The maximum atomic E-state index is 12.2. The van der Waals surface area contributed by atoms with E-state index in [1.54, 1.807) is 23.6 Å². The van der Waals surface area contributed by atoms with Crippen LogP contribution in [0.5, 0.6) is 0 Å². The van der Waals surface area contributed by atoms with Crippen molar-refractivity contribution in [3.05, 3.63) is 71.6 Å². The molecule has 0 radical (unpaired) electrons. The number of sulfonamides is 1. The zero-order valence-electron chi connectivity index (χ0n) is 16.9. The molecule has 0 aliphatic carbocycles. The number of nitrogens with zero attached hydrogens (tertiary/aromatic N) is 1. The monoisotopic (exact) mass is 459 g/mol. The number of thiophene rings is 1. The minimum absolute atomic E-state index is 0.193. The van der Waals surface area contributed by atoms with Gasteiger partial charge >= 0.3 is 5.97 Å². The third kappa shape index (κ3) is 6.06. The van der Waals surface area contributed by atoms with Gasteiger partial charge in [0.2, 0.25) is 0 Å². The van der Waals surface area contributed by atoms with Gasteiger partial charge in [0.1, 0.15) is 4.21 Å². The molecule has 0 unspecified atom stereocenters. The molecule has 10 heteroatoms. The van der Waals surface area contributed by atoms with Gasteiger partial charge in [0.05, 0.1) is 5.56 Å². The summed E-state index contributed by atoms with van der Waals surface area (Å²) in [7, 11) is 0.165. The fraction of sp³-hybridized carbons (Fsp3) is 0.143. The number of carbonyl (C=O) groups excluding carboxylic acids is 2. The molecule has 31 heavy (non-hydrogen) atoms. The summed E-state index contributed by atoms with van der Waals surface area (Å²) in [5, 5.41) is 4.32. The quantitative estimate of drug-likeness (QED) is 0.500. The average Bonchev–Trinajstić information content (AvgIpc) is 3.29. The standard InChI is InChI=1S/C21H21N3O5S2/c1-24(2)18-11-9-16(10-12-18)22-19(25)14-29-21(26)15-5-7-17(8-6-15)23-31(27,28)20-4-3-13-30-20/h3-13,23H,14H2,1-2H3,(H,22,25). The Kier molecular flexibility index (Phi) is 6.93. The fourth-order valence-electron chi connectivity index (χ4n) is 2.55. The van der Waals surface area contributed by atoms with Gasteiger partial charge in [-0.25, -0.2) is 13.2 Å². The Morgan fingerprint density at radius 1 is 0.968 bits per heavy atom. The smallest absolute Gasteiger partial charge is 0.338 e. The average molecular weight is 460 g/mol. The number of benzene rings is 2. The van der Waals surface area contributed by atoms with E-state index in [0.29, 0.717) is 11.4 Å². The van der Waals surface area contributed by atoms with Crippen molar-refractivity contribution in [2.75, 3.05) is 35.6 Å². The van der Waals surface area contributed by atoms with E-state index in [2.05, 4.69) is 10.0 Å². The van der Waals surface area contributed by atoms with Gasteiger partial charge in [0, 0.05) is 31.2 Å². The van der Waals surface area contributed by atoms with Crippen LogP contribution in [0.2, 0.25) is 0 Å². The Morgan fingerprint density at radius 2 is 1.61 bits per heavy atom. The largest absolute Gasteiger partial charge is 0.452 e. The molecule has 0 saturated heterocycles. The molecular weight excluding hydrogens is 438 g/mol. The van der Waals surface area contributed by atoms with E-state index in [0.717, 1.165) is 17.0 Å². The summed E-state index contributed by atoms with van der Waals surface area (Å²) in [6.07, 6.45) is 0. The Balaban J connectivity index is 1.51. The van der Waals surface area contributed by atoms with Crippen molar-refractivity contribution in [1.82, 2.24) is 0 Å². The van der Waals surface area contributed by atoms with Crippen molar-refractivity contribution >= 4 is 50.3 Å². The Labute approximate surface area is 184 Å². The van der Waals surface area contributed by atoms with E-state index in [1.807, 2.05) is 31.1 Å². The Bertz CT molecular complexity index is 1140. The van der Waals surface area contributed by atoms with Gasteiger partial charge in [-0.2, -0.15) is 0 Å². The van der Waals surface area contributed by atoms with Crippen LogP contribution in [0.4, 0.5) is 17.1 Å². The first-order valence-corrected chi connectivity index (χ1v) is 11.5. The lowest BCUT2D eigenvalue weighted by Crippen LogP contribution is -2.21. The van der Waals surface area contributed by atoms with Crippen LogP contribution < -0.4 is 14.9 Å². The number of ether oxygens (including phenoxy) is 1. The molecule has 1 amide bonds. The predicted octanol–water partition coefficient (Wildman–Crippen LogP) is 3.41. The lowest BCUT2D eigenvalue weighted by Gasteiger charge is -2.13. The van der Waals surface area contributed by atoms with E-state index >= 15 is 0 Å². The number of carbonyl (C=O) groups is 2. The maximum absolute atomic E-state index is 12.2. The number of anilines is 3. The van der Waals surface area contributed by atoms with Crippen LogP contribution in [0.1, 0.15) is 10.4 Å². The maximum Gasteiger partial charge on any atom is 0.338 e. The minimum Gasteiger partial charge on any atom is -0.452 e. The lowest BCUT2D eigenvalue weighted by atomic mass is 10.2. The van der Waals surface area contributed by atoms with Crippen molar-refractivity contribution in [3.63, 3.8) is 0 Å². The highest BCUT2D eigenvalue weighted by Gasteiger charge is 2.16. The van der Waals surface area contributed by atoms with E-state index in [-0.39, 0.29) is 9.77 Å². The molecule has 3 rings (SSSR count). The fourth-order valence-corrected chi connectivity index (χ4v) is 4.60. The molecule has 0 fully saturated rings. The molecule has 2 N–H and O–H groups in total. The van der Waals surface area contributed by atoms with E-state index in [9.17, 15) is 18.0 Å². The van der Waals surface area contributed by atoms with Crippen molar-refractivity contribution in [2.24, 2.45) is 0 Å². The van der Waals surface area contributed by atoms with Gasteiger partial charge in [-0.1, -0.05) is 6.07 Å².